The fourth-order valence-corrected chi connectivity index (χ4v) is 0.958. The molecule has 0 aliphatic carbocycles. The van der Waals surface area contributed by atoms with E-state index in [0.717, 1.165) is 0 Å². The smallest absolute Gasteiger partial charge is 0.316 e. The molecule has 0 aliphatic heterocycles. The van der Waals surface area contributed by atoms with Gasteiger partial charge in [0, 0.05) is 5.56 Å². The van der Waals surface area contributed by atoms with E-state index >= 15 is 0 Å². The minimum absolute atomic E-state index is 0.0863. The first-order valence-corrected chi connectivity index (χ1v) is 5.20. The Balaban J connectivity index is 2.85. The van der Waals surface area contributed by atoms with Crippen LogP contribution in [0.2, 0.25) is 0 Å². The van der Waals surface area contributed by atoms with Crippen LogP contribution in [0.25, 0.3) is 0 Å². The molecule has 0 N–H and O–H groups in total. The summed E-state index contributed by atoms with van der Waals surface area (Å²) in [4.78, 5) is 16.2. The van der Waals surface area contributed by atoms with E-state index in [2.05, 4.69) is 5.16 Å². The van der Waals surface area contributed by atoms with Crippen molar-refractivity contribution in [2.24, 2.45) is 10.6 Å². The number of oxime groups is 1. The van der Waals surface area contributed by atoms with E-state index in [9.17, 15) is 4.79 Å². The maximum absolute atomic E-state index is 11.5. The van der Waals surface area contributed by atoms with E-state index < -0.39 is 11.4 Å². The van der Waals surface area contributed by atoms with Gasteiger partial charge in [-0.25, -0.2) is 4.79 Å². The van der Waals surface area contributed by atoms with Crippen molar-refractivity contribution in [2.45, 2.75) is 20.8 Å². The molecule has 88 valence electrons. The van der Waals surface area contributed by atoms with Crippen molar-refractivity contribution in [3.63, 3.8) is 0 Å². The molecule has 0 saturated carbocycles. The summed E-state index contributed by atoms with van der Waals surface area (Å²) in [6.45, 7) is 5.16. The van der Waals surface area contributed by atoms with Gasteiger partial charge in [0.2, 0.25) is 0 Å². The summed E-state index contributed by atoms with van der Waals surface area (Å²) in [6.07, 6.45) is 0. The normalized spacial score (nSPS) is 11.8. The maximum atomic E-state index is 11.5. The Bertz CT molecular complexity index is 464. The molecule has 0 heterocycles. The molecule has 0 unspecified atom stereocenters. The first kappa shape index (κ1) is 12.9. The SMILES string of the molecule is CC(C)(C)C(=O)O/N=C(/C#N)c1ccccc1. The molecule has 0 atom stereocenters. The molecule has 0 bridgehead atoms. The van der Waals surface area contributed by atoms with Gasteiger partial charge in [-0.15, -0.1) is 0 Å². The number of nitriles is 1. The molecule has 1 rings (SSSR count). The third-order valence-electron chi connectivity index (χ3n) is 1.99. The van der Waals surface area contributed by atoms with Crippen LogP contribution in [-0.4, -0.2) is 11.7 Å². The monoisotopic (exact) mass is 230 g/mol. The van der Waals surface area contributed by atoms with Crippen LogP contribution in [0.1, 0.15) is 26.3 Å². The molecule has 0 aromatic heterocycles. The van der Waals surface area contributed by atoms with Gasteiger partial charge >= 0.3 is 5.97 Å². The van der Waals surface area contributed by atoms with Crippen LogP contribution in [0.5, 0.6) is 0 Å². The molecule has 0 amide bonds. The fraction of sp³-hybridized carbons (Fsp3) is 0.308. The molecule has 0 aliphatic rings. The lowest BCUT2D eigenvalue weighted by Gasteiger charge is -2.12. The molecule has 4 heteroatoms. The second-order valence-corrected chi connectivity index (χ2v) is 4.55. The average molecular weight is 230 g/mol. The van der Waals surface area contributed by atoms with E-state index in [4.69, 9.17) is 10.1 Å². The lowest BCUT2D eigenvalue weighted by Crippen LogP contribution is -2.21. The molecule has 17 heavy (non-hydrogen) atoms. The van der Waals surface area contributed by atoms with Crippen LogP contribution in [0.3, 0.4) is 0 Å². The molecular weight excluding hydrogens is 216 g/mol. The summed E-state index contributed by atoms with van der Waals surface area (Å²) in [5.41, 5.74) is 0.0701. The van der Waals surface area contributed by atoms with E-state index in [0.29, 0.717) is 5.56 Å². The molecule has 1 aromatic rings. The van der Waals surface area contributed by atoms with Crippen molar-refractivity contribution in [3.8, 4) is 6.07 Å². The molecular formula is C13H14N2O2. The summed E-state index contributed by atoms with van der Waals surface area (Å²) >= 11 is 0. The number of carbonyl (C=O) groups excluding carboxylic acids is 1. The third-order valence-corrected chi connectivity index (χ3v) is 1.99. The van der Waals surface area contributed by atoms with Gasteiger partial charge in [-0.05, 0) is 20.8 Å². The lowest BCUT2D eigenvalue weighted by atomic mass is 9.98. The highest BCUT2D eigenvalue weighted by atomic mass is 16.7. The number of benzene rings is 1. The van der Waals surface area contributed by atoms with E-state index in [1.54, 1.807) is 45.0 Å². The van der Waals surface area contributed by atoms with Gasteiger partial charge in [0.05, 0.1) is 5.41 Å². The third kappa shape index (κ3) is 3.72. The standard InChI is InChI=1S/C13H14N2O2/c1-13(2,3)12(16)17-15-11(9-14)10-7-5-4-6-8-10/h4-8H,1-3H3/b15-11-. The first-order valence-electron chi connectivity index (χ1n) is 5.20. The molecule has 0 fully saturated rings. The van der Waals surface area contributed by atoms with Crippen LogP contribution >= 0.6 is 0 Å². The highest BCUT2D eigenvalue weighted by molar-refractivity contribution is 6.11. The molecule has 0 radical (unpaired) electrons. The van der Waals surface area contributed by atoms with Crippen molar-refractivity contribution in [1.82, 2.24) is 0 Å². The highest BCUT2D eigenvalue weighted by Crippen LogP contribution is 2.15. The number of nitrogens with zero attached hydrogens (tertiary/aromatic N) is 2. The van der Waals surface area contributed by atoms with E-state index in [-0.39, 0.29) is 5.71 Å². The van der Waals surface area contributed by atoms with E-state index in [1.165, 1.54) is 0 Å². The van der Waals surface area contributed by atoms with Gasteiger partial charge in [0.15, 0.2) is 5.71 Å². The predicted octanol–water partition coefficient (Wildman–Crippen LogP) is 2.50. The number of hydrogen-bond donors (Lipinski definition) is 0. The first-order chi connectivity index (χ1) is 7.95. The molecule has 0 saturated heterocycles. The Morgan fingerprint density at radius 3 is 2.35 bits per heavy atom. The van der Waals surface area contributed by atoms with Crippen LogP contribution in [0.4, 0.5) is 0 Å². The number of rotatable bonds is 2. The van der Waals surface area contributed by atoms with Crippen molar-refractivity contribution < 1.29 is 9.63 Å². The second-order valence-electron chi connectivity index (χ2n) is 4.55. The van der Waals surface area contributed by atoms with Crippen LogP contribution in [-0.2, 0) is 9.63 Å². The zero-order valence-corrected chi connectivity index (χ0v) is 10.1. The number of carbonyl (C=O) groups is 1. The zero-order valence-electron chi connectivity index (χ0n) is 10.1. The van der Waals surface area contributed by atoms with Gasteiger partial charge in [-0.1, -0.05) is 35.5 Å². The summed E-state index contributed by atoms with van der Waals surface area (Å²) in [6, 6.07) is 10.8. The average Bonchev–Trinajstić information content (AvgIpc) is 2.29. The van der Waals surface area contributed by atoms with Gasteiger partial charge < -0.3 is 4.84 Å². The maximum Gasteiger partial charge on any atom is 0.340 e. The zero-order chi connectivity index (χ0) is 12.9. The van der Waals surface area contributed by atoms with Crippen molar-refractivity contribution >= 4 is 11.7 Å². The Morgan fingerprint density at radius 1 is 1.29 bits per heavy atom. The van der Waals surface area contributed by atoms with Crippen molar-refractivity contribution in [2.75, 3.05) is 0 Å². The van der Waals surface area contributed by atoms with Gasteiger partial charge in [-0.3, -0.25) is 0 Å². The van der Waals surface area contributed by atoms with E-state index in [1.807, 2.05) is 12.1 Å². The van der Waals surface area contributed by atoms with Crippen molar-refractivity contribution in [3.05, 3.63) is 35.9 Å². The largest absolute Gasteiger partial charge is 0.340 e. The second kappa shape index (κ2) is 5.26. The highest BCUT2D eigenvalue weighted by Gasteiger charge is 2.23. The minimum atomic E-state index is -0.638. The Labute approximate surface area is 101 Å². The van der Waals surface area contributed by atoms with Gasteiger partial charge in [0.25, 0.3) is 0 Å². The quantitative estimate of drug-likeness (QED) is 0.445. The fourth-order valence-electron chi connectivity index (χ4n) is 0.958. The Morgan fingerprint density at radius 2 is 1.88 bits per heavy atom. The molecule has 4 nitrogen and oxygen atoms in total. The van der Waals surface area contributed by atoms with Crippen molar-refractivity contribution in [1.29, 1.82) is 5.26 Å². The van der Waals surface area contributed by atoms with Crippen LogP contribution in [0, 0.1) is 16.7 Å². The van der Waals surface area contributed by atoms with Crippen LogP contribution < -0.4 is 0 Å². The Hall–Kier alpha value is -2.15. The molecule has 1 aromatic carbocycles. The van der Waals surface area contributed by atoms with Crippen LogP contribution in [0.15, 0.2) is 35.5 Å². The predicted molar refractivity (Wildman–Crippen MR) is 64.1 cm³/mol. The van der Waals surface area contributed by atoms with Gasteiger partial charge in [-0.2, -0.15) is 5.26 Å². The Kier molecular flexibility index (Phi) is 4.00. The molecule has 0 spiro atoms. The summed E-state index contributed by atoms with van der Waals surface area (Å²) in [5.74, 6) is -0.471. The number of hydrogen-bond acceptors (Lipinski definition) is 4. The lowest BCUT2D eigenvalue weighted by molar-refractivity contribution is -0.152. The summed E-state index contributed by atoms with van der Waals surface area (Å²) in [5, 5.41) is 12.5. The topological polar surface area (TPSA) is 62.4 Å². The summed E-state index contributed by atoms with van der Waals surface area (Å²) < 4.78 is 0. The summed E-state index contributed by atoms with van der Waals surface area (Å²) in [7, 11) is 0. The van der Waals surface area contributed by atoms with Gasteiger partial charge in [0.1, 0.15) is 6.07 Å². The minimum Gasteiger partial charge on any atom is -0.316 e.